The largest absolute Gasteiger partial charge is 0.494 e. The monoisotopic (exact) mass is 237 g/mol. The second-order valence-corrected chi connectivity index (χ2v) is 3.39. The molecule has 17 heavy (non-hydrogen) atoms. The van der Waals surface area contributed by atoms with Gasteiger partial charge in [0.1, 0.15) is 11.6 Å². The average molecular weight is 237 g/mol. The van der Waals surface area contributed by atoms with Crippen molar-refractivity contribution in [3.8, 4) is 17.0 Å². The number of methoxy groups -OCH3 is 1. The Morgan fingerprint density at radius 3 is 2.71 bits per heavy atom. The van der Waals surface area contributed by atoms with Crippen molar-refractivity contribution < 1.29 is 18.3 Å². The van der Waals surface area contributed by atoms with Gasteiger partial charge in [0.05, 0.1) is 18.4 Å². The van der Waals surface area contributed by atoms with E-state index in [4.69, 9.17) is 4.74 Å². The van der Waals surface area contributed by atoms with Crippen molar-refractivity contribution in [2.75, 3.05) is 7.11 Å². The molecule has 0 radical (unpaired) electrons. The number of halogens is 2. The van der Waals surface area contributed by atoms with Crippen LogP contribution in [0.25, 0.3) is 11.3 Å². The minimum absolute atomic E-state index is 0.149. The molecule has 0 aliphatic rings. The van der Waals surface area contributed by atoms with Gasteiger partial charge >= 0.3 is 0 Å². The summed E-state index contributed by atoms with van der Waals surface area (Å²) in [6, 6.07) is 3.20. The number of rotatable bonds is 3. The molecule has 0 saturated heterocycles. The number of benzene rings is 1. The molecule has 0 amide bonds. The lowest BCUT2D eigenvalue weighted by Crippen LogP contribution is -1.91. The Balaban J connectivity index is 2.60. The summed E-state index contributed by atoms with van der Waals surface area (Å²) in [5.74, 6) is -1.14. The molecule has 0 aliphatic heterocycles. The van der Waals surface area contributed by atoms with E-state index in [-0.39, 0.29) is 16.9 Å². The molecule has 1 aromatic carbocycles. The zero-order chi connectivity index (χ0) is 12.4. The number of hydrogen-bond donors (Lipinski definition) is 1. The van der Waals surface area contributed by atoms with Gasteiger partial charge in [0, 0.05) is 17.8 Å². The summed E-state index contributed by atoms with van der Waals surface area (Å²) in [7, 11) is 1.38. The number of carbonyl (C=O) groups excluding carboxylic acids is 1. The molecular weight excluding hydrogens is 228 g/mol. The highest BCUT2D eigenvalue weighted by Crippen LogP contribution is 2.33. The number of aldehydes is 1. The van der Waals surface area contributed by atoms with Crippen LogP contribution in [0.1, 0.15) is 10.4 Å². The van der Waals surface area contributed by atoms with Gasteiger partial charge in [0.25, 0.3) is 0 Å². The van der Waals surface area contributed by atoms with Gasteiger partial charge in [0.2, 0.25) is 0 Å². The molecule has 0 bridgehead atoms. The first-order valence-corrected chi connectivity index (χ1v) is 4.83. The molecule has 1 aromatic heterocycles. The molecule has 0 aliphatic carbocycles. The third kappa shape index (κ3) is 1.91. The van der Waals surface area contributed by atoms with Crippen molar-refractivity contribution in [2.24, 2.45) is 0 Å². The molecule has 3 nitrogen and oxygen atoms in total. The number of H-pyrrole nitrogens is 1. The van der Waals surface area contributed by atoms with Crippen LogP contribution in [0.5, 0.6) is 5.75 Å². The summed E-state index contributed by atoms with van der Waals surface area (Å²) in [5, 5.41) is 0. The molecule has 0 fully saturated rings. The van der Waals surface area contributed by atoms with Crippen molar-refractivity contribution in [3.63, 3.8) is 0 Å². The first-order valence-electron chi connectivity index (χ1n) is 4.83. The van der Waals surface area contributed by atoms with E-state index in [2.05, 4.69) is 4.98 Å². The van der Waals surface area contributed by atoms with Crippen LogP contribution in [0.15, 0.2) is 24.4 Å². The van der Waals surface area contributed by atoms with E-state index in [1.807, 2.05) is 0 Å². The van der Waals surface area contributed by atoms with Gasteiger partial charge in [0.15, 0.2) is 12.0 Å². The third-order valence-electron chi connectivity index (χ3n) is 2.39. The van der Waals surface area contributed by atoms with Crippen LogP contribution >= 0.6 is 0 Å². The second-order valence-electron chi connectivity index (χ2n) is 3.39. The van der Waals surface area contributed by atoms with Gasteiger partial charge in [-0.1, -0.05) is 0 Å². The highest BCUT2D eigenvalue weighted by molar-refractivity contribution is 5.85. The minimum atomic E-state index is -0.720. The molecule has 0 saturated carbocycles. The SMILES string of the molecule is COc1c(C=O)c[nH]c1-c1ccc(F)cc1F. The summed E-state index contributed by atoms with van der Waals surface area (Å²) in [6.07, 6.45) is 2.00. The van der Waals surface area contributed by atoms with E-state index in [1.54, 1.807) is 0 Å². The molecule has 88 valence electrons. The predicted octanol–water partition coefficient (Wildman–Crippen LogP) is 2.78. The molecule has 0 unspecified atom stereocenters. The fourth-order valence-electron chi connectivity index (χ4n) is 1.63. The topological polar surface area (TPSA) is 42.1 Å². The molecule has 1 N–H and O–H groups in total. The number of hydrogen-bond acceptors (Lipinski definition) is 2. The average Bonchev–Trinajstić information content (AvgIpc) is 2.71. The van der Waals surface area contributed by atoms with Gasteiger partial charge < -0.3 is 9.72 Å². The second kappa shape index (κ2) is 4.37. The molecule has 2 aromatic rings. The number of nitrogens with one attached hydrogen (secondary N) is 1. The molecule has 0 atom stereocenters. The quantitative estimate of drug-likeness (QED) is 0.834. The van der Waals surface area contributed by atoms with E-state index >= 15 is 0 Å². The maximum atomic E-state index is 13.6. The summed E-state index contributed by atoms with van der Waals surface area (Å²) in [6.45, 7) is 0. The fourth-order valence-corrected chi connectivity index (χ4v) is 1.63. The van der Waals surface area contributed by atoms with Crippen molar-refractivity contribution in [3.05, 3.63) is 41.6 Å². The number of aromatic amines is 1. The predicted molar refractivity (Wildman–Crippen MR) is 58.1 cm³/mol. The standard InChI is InChI=1S/C12H9F2NO2/c1-17-12-7(6-16)5-15-11(12)9-3-2-8(13)4-10(9)14/h2-6,15H,1H3. The van der Waals surface area contributed by atoms with Crippen molar-refractivity contribution in [1.82, 2.24) is 4.98 Å². The smallest absolute Gasteiger partial charge is 0.155 e. The van der Waals surface area contributed by atoms with Gasteiger partial charge in [-0.15, -0.1) is 0 Å². The van der Waals surface area contributed by atoms with E-state index < -0.39 is 11.6 Å². The van der Waals surface area contributed by atoms with Crippen LogP contribution in [0.2, 0.25) is 0 Å². The van der Waals surface area contributed by atoms with Crippen LogP contribution in [-0.2, 0) is 0 Å². The van der Waals surface area contributed by atoms with Crippen molar-refractivity contribution >= 4 is 6.29 Å². The Morgan fingerprint density at radius 1 is 1.35 bits per heavy atom. The molecule has 1 heterocycles. The van der Waals surface area contributed by atoms with Gasteiger partial charge in [-0.05, 0) is 12.1 Å². The zero-order valence-corrected chi connectivity index (χ0v) is 8.96. The summed E-state index contributed by atoms with van der Waals surface area (Å²) in [4.78, 5) is 13.5. The van der Waals surface area contributed by atoms with E-state index in [0.717, 1.165) is 12.1 Å². The fraction of sp³-hybridized carbons (Fsp3) is 0.0833. The molecule has 5 heteroatoms. The Labute approximate surface area is 96.0 Å². The van der Waals surface area contributed by atoms with E-state index in [0.29, 0.717) is 12.0 Å². The molecule has 0 spiro atoms. The van der Waals surface area contributed by atoms with Gasteiger partial charge in [-0.3, -0.25) is 4.79 Å². The Morgan fingerprint density at radius 2 is 2.12 bits per heavy atom. The first kappa shape index (κ1) is 11.3. The van der Waals surface area contributed by atoms with E-state index in [9.17, 15) is 13.6 Å². The lowest BCUT2D eigenvalue weighted by molar-refractivity contribution is 0.112. The Hall–Kier alpha value is -2.17. The van der Waals surface area contributed by atoms with Crippen molar-refractivity contribution in [2.45, 2.75) is 0 Å². The van der Waals surface area contributed by atoms with Crippen LogP contribution in [0, 0.1) is 11.6 Å². The number of ether oxygens (including phenoxy) is 1. The van der Waals surface area contributed by atoms with Crippen LogP contribution in [-0.4, -0.2) is 18.4 Å². The minimum Gasteiger partial charge on any atom is -0.494 e. The lowest BCUT2D eigenvalue weighted by atomic mass is 10.1. The third-order valence-corrected chi connectivity index (χ3v) is 2.39. The van der Waals surface area contributed by atoms with Crippen molar-refractivity contribution in [1.29, 1.82) is 0 Å². The Bertz CT molecular complexity index is 564. The maximum absolute atomic E-state index is 13.6. The van der Waals surface area contributed by atoms with Gasteiger partial charge in [-0.25, -0.2) is 8.78 Å². The normalized spacial score (nSPS) is 10.3. The maximum Gasteiger partial charge on any atom is 0.155 e. The van der Waals surface area contributed by atoms with Crippen LogP contribution in [0.4, 0.5) is 8.78 Å². The summed E-state index contributed by atoms with van der Waals surface area (Å²) in [5.41, 5.74) is 0.745. The van der Waals surface area contributed by atoms with Crippen LogP contribution in [0.3, 0.4) is 0 Å². The van der Waals surface area contributed by atoms with Gasteiger partial charge in [-0.2, -0.15) is 0 Å². The lowest BCUT2D eigenvalue weighted by Gasteiger charge is -2.05. The number of carbonyl (C=O) groups is 1. The molecular formula is C12H9F2NO2. The van der Waals surface area contributed by atoms with Crippen LogP contribution < -0.4 is 4.74 Å². The first-order chi connectivity index (χ1) is 8.17. The molecule has 2 rings (SSSR count). The highest BCUT2D eigenvalue weighted by Gasteiger charge is 2.16. The summed E-state index contributed by atoms with van der Waals surface area (Å²) < 4.78 is 31.4. The summed E-state index contributed by atoms with van der Waals surface area (Å²) >= 11 is 0. The highest BCUT2D eigenvalue weighted by atomic mass is 19.1. The Kier molecular flexibility index (Phi) is 2.91. The number of aromatic nitrogens is 1. The zero-order valence-electron chi connectivity index (χ0n) is 8.96. The van der Waals surface area contributed by atoms with E-state index in [1.165, 1.54) is 19.4 Å².